The number of oxime groups is 1. The highest BCUT2D eigenvalue weighted by Gasteiger charge is 1.98. The molecule has 0 aromatic heterocycles. The van der Waals surface area contributed by atoms with Gasteiger partial charge in [0.05, 0.1) is 0 Å². The van der Waals surface area contributed by atoms with Gasteiger partial charge in [-0.05, 0) is 0 Å². The van der Waals surface area contributed by atoms with Crippen LogP contribution in [0.15, 0.2) is 5.16 Å². The quantitative estimate of drug-likeness (QED) is 0.386. The Morgan fingerprint density at radius 2 is 2.67 bits per heavy atom. The molecule has 0 saturated carbocycles. The topological polar surface area (TPSA) is 68.9 Å². The SMILES string of the molecule is NC1=NONO1. The van der Waals surface area contributed by atoms with Gasteiger partial charge in [-0.25, -0.2) is 0 Å². The van der Waals surface area contributed by atoms with Crippen LogP contribution >= 0.6 is 0 Å². The second-order valence-corrected chi connectivity index (χ2v) is 0.706. The van der Waals surface area contributed by atoms with Gasteiger partial charge in [-0.15, -0.1) is 0 Å². The van der Waals surface area contributed by atoms with E-state index in [1.165, 1.54) is 0 Å². The van der Waals surface area contributed by atoms with Gasteiger partial charge in [-0.3, -0.25) is 4.94 Å². The third-order valence-corrected chi connectivity index (χ3v) is 0.319. The molecular weight excluding hydrogens is 86.0 g/mol. The second-order valence-electron chi connectivity index (χ2n) is 0.706. The first kappa shape index (κ1) is 3.23. The molecule has 0 spiro atoms. The molecule has 0 aromatic rings. The molecule has 1 rings (SSSR count). The van der Waals surface area contributed by atoms with E-state index >= 15 is 0 Å². The van der Waals surface area contributed by atoms with Crippen LogP contribution < -0.4 is 11.4 Å². The first-order chi connectivity index (χ1) is 2.89. The van der Waals surface area contributed by atoms with Gasteiger partial charge in [0.2, 0.25) is 0 Å². The summed E-state index contributed by atoms with van der Waals surface area (Å²) in [5.74, 6) is 0. The summed E-state index contributed by atoms with van der Waals surface area (Å²) in [6.07, 6.45) is 0. The van der Waals surface area contributed by atoms with Crippen molar-refractivity contribution in [3.8, 4) is 0 Å². The van der Waals surface area contributed by atoms with E-state index < -0.39 is 0 Å². The number of nitrogens with two attached hydrogens (primary N) is 1. The predicted molar refractivity (Wildman–Crippen MR) is 16.9 cm³/mol. The molecule has 1 aliphatic rings. The van der Waals surface area contributed by atoms with E-state index in [0.717, 1.165) is 0 Å². The maximum atomic E-state index is 4.88. The summed E-state index contributed by atoms with van der Waals surface area (Å²) in [4.78, 5) is 8.26. The highest BCUT2D eigenvalue weighted by atomic mass is 17.0. The molecule has 0 aromatic carbocycles. The number of rotatable bonds is 0. The molecule has 0 bridgehead atoms. The summed E-state index contributed by atoms with van der Waals surface area (Å²) in [5.41, 5.74) is 6.82. The molecule has 0 unspecified atom stereocenters. The minimum Gasteiger partial charge on any atom is -0.349 e. The third-order valence-electron chi connectivity index (χ3n) is 0.319. The standard InChI is InChI=1S/CH3N3O2/c2-1-3-6-4-5-1/h4H,(H2,2,3). The number of nitrogens with one attached hydrogen (secondary N) is 1. The van der Waals surface area contributed by atoms with Crippen LogP contribution in [0.3, 0.4) is 0 Å². The van der Waals surface area contributed by atoms with Gasteiger partial charge in [0.1, 0.15) is 0 Å². The van der Waals surface area contributed by atoms with Gasteiger partial charge < -0.3 is 10.6 Å². The van der Waals surface area contributed by atoms with Gasteiger partial charge in [0.25, 0.3) is 0 Å². The summed E-state index contributed by atoms with van der Waals surface area (Å²) < 4.78 is 0. The van der Waals surface area contributed by atoms with Crippen molar-refractivity contribution in [3.05, 3.63) is 0 Å². The van der Waals surface area contributed by atoms with Crippen molar-refractivity contribution in [2.45, 2.75) is 0 Å². The molecule has 0 radical (unpaired) electrons. The fourth-order valence-corrected chi connectivity index (χ4v) is 0.144. The molecule has 5 heteroatoms. The summed E-state index contributed by atoms with van der Waals surface area (Å²) in [6.45, 7) is 0. The normalized spacial score (nSPS) is 18.3. The fraction of sp³-hybridized carbons (Fsp3) is 0. The molecule has 0 aliphatic carbocycles. The number of amidine groups is 1. The van der Waals surface area contributed by atoms with Crippen LogP contribution in [-0.4, -0.2) is 6.02 Å². The number of nitrogens with zero attached hydrogens (tertiary/aromatic N) is 1. The van der Waals surface area contributed by atoms with Crippen LogP contribution in [0.1, 0.15) is 0 Å². The zero-order valence-corrected chi connectivity index (χ0v) is 2.84. The molecule has 0 saturated heterocycles. The van der Waals surface area contributed by atoms with Crippen molar-refractivity contribution in [3.63, 3.8) is 0 Å². The Balaban J connectivity index is 2.45. The predicted octanol–water partition coefficient (Wildman–Crippen LogP) is -1.32. The largest absolute Gasteiger partial charge is 0.349 e. The lowest BCUT2D eigenvalue weighted by molar-refractivity contribution is -0.0738. The summed E-state index contributed by atoms with van der Waals surface area (Å²) in [6, 6.07) is -0.00463. The van der Waals surface area contributed by atoms with E-state index in [1.54, 1.807) is 0 Å². The Kier molecular flexibility index (Phi) is 0.548. The Labute approximate surface area is 33.6 Å². The van der Waals surface area contributed by atoms with Crippen LogP contribution in [0.5, 0.6) is 0 Å². The van der Waals surface area contributed by atoms with Gasteiger partial charge >= 0.3 is 6.02 Å². The lowest BCUT2D eigenvalue weighted by atomic mass is 11.2. The van der Waals surface area contributed by atoms with Gasteiger partial charge in [-0.2, -0.15) is 0 Å². The first-order valence-electron chi connectivity index (χ1n) is 1.31. The maximum Gasteiger partial charge on any atom is 0.347 e. The van der Waals surface area contributed by atoms with E-state index in [0.29, 0.717) is 0 Å². The molecule has 3 N–H and O–H groups in total. The third kappa shape index (κ3) is 0.343. The van der Waals surface area contributed by atoms with Crippen LogP contribution in [0.4, 0.5) is 0 Å². The lowest BCUT2D eigenvalue weighted by Gasteiger charge is -1.82. The van der Waals surface area contributed by atoms with Crippen molar-refractivity contribution < 1.29 is 9.78 Å². The number of hydrogen-bond donors (Lipinski definition) is 2. The van der Waals surface area contributed by atoms with E-state index in [2.05, 4.69) is 14.9 Å². The summed E-state index contributed by atoms with van der Waals surface area (Å²) in [5, 5.41) is 3.10. The highest BCUT2D eigenvalue weighted by molar-refractivity contribution is 5.70. The highest BCUT2D eigenvalue weighted by Crippen LogP contribution is 1.79. The molecule has 1 heterocycles. The van der Waals surface area contributed by atoms with E-state index in [1.807, 2.05) is 5.64 Å². The fourth-order valence-electron chi connectivity index (χ4n) is 0.144. The average molecular weight is 89.1 g/mol. The second kappa shape index (κ2) is 1.02. The van der Waals surface area contributed by atoms with E-state index in [4.69, 9.17) is 5.73 Å². The minimum atomic E-state index is -0.00463. The molecule has 5 nitrogen and oxygen atoms in total. The smallest absolute Gasteiger partial charge is 0.347 e. The van der Waals surface area contributed by atoms with Crippen molar-refractivity contribution in [2.24, 2.45) is 10.9 Å². The van der Waals surface area contributed by atoms with Gasteiger partial charge in [0.15, 0.2) is 0 Å². The Morgan fingerprint density at radius 3 is 2.83 bits per heavy atom. The van der Waals surface area contributed by atoms with Crippen molar-refractivity contribution >= 4 is 6.02 Å². The molecule has 0 atom stereocenters. The van der Waals surface area contributed by atoms with Crippen molar-refractivity contribution in [1.29, 1.82) is 0 Å². The summed E-state index contributed by atoms with van der Waals surface area (Å²) >= 11 is 0. The minimum absolute atomic E-state index is 0.00463. The van der Waals surface area contributed by atoms with Crippen LogP contribution in [0, 0.1) is 0 Å². The summed E-state index contributed by atoms with van der Waals surface area (Å²) in [7, 11) is 0. The molecule has 0 fully saturated rings. The van der Waals surface area contributed by atoms with Crippen molar-refractivity contribution in [2.75, 3.05) is 0 Å². The van der Waals surface area contributed by atoms with Gasteiger partial charge in [0, 0.05) is 10.8 Å². The zero-order chi connectivity index (χ0) is 4.41. The van der Waals surface area contributed by atoms with Crippen molar-refractivity contribution in [1.82, 2.24) is 5.64 Å². The van der Waals surface area contributed by atoms with E-state index in [-0.39, 0.29) is 6.02 Å². The Morgan fingerprint density at radius 1 is 1.83 bits per heavy atom. The van der Waals surface area contributed by atoms with E-state index in [9.17, 15) is 0 Å². The lowest BCUT2D eigenvalue weighted by Crippen LogP contribution is -2.15. The Hall–Kier alpha value is -0.970. The maximum absolute atomic E-state index is 4.88. The zero-order valence-electron chi connectivity index (χ0n) is 2.84. The number of hydrogen-bond acceptors (Lipinski definition) is 5. The molecular formula is CH3N3O2. The van der Waals surface area contributed by atoms with Gasteiger partial charge in [-0.1, -0.05) is 0 Å². The molecule has 0 amide bonds. The van der Waals surface area contributed by atoms with Crippen LogP contribution in [-0.2, 0) is 9.78 Å². The average Bonchev–Trinajstić information content (AvgIpc) is 1.86. The Bertz CT molecular complexity index is 78.9. The molecule has 6 heavy (non-hydrogen) atoms. The molecule has 1 aliphatic heterocycles. The van der Waals surface area contributed by atoms with Crippen LogP contribution in [0.2, 0.25) is 0 Å². The first-order valence-corrected chi connectivity index (χ1v) is 1.31. The molecule has 34 valence electrons. The monoisotopic (exact) mass is 89.0 g/mol. The van der Waals surface area contributed by atoms with Crippen LogP contribution in [0.25, 0.3) is 0 Å².